The third-order valence-corrected chi connectivity index (χ3v) is 7.65. The number of hydrogen-bond donors (Lipinski definition) is 2. The zero-order chi connectivity index (χ0) is 14.5. The molecule has 0 spiro atoms. The average Bonchev–Trinajstić information content (AvgIpc) is 2.43. The highest BCUT2D eigenvalue weighted by Gasteiger charge is 2.72. The van der Waals surface area contributed by atoms with Gasteiger partial charge in [-0.3, -0.25) is 0 Å². The molecule has 8 rings (SSSR count). The maximum atomic E-state index is 10.7. The van der Waals surface area contributed by atoms with Crippen LogP contribution in [0.4, 0.5) is 0 Å². The molecule has 6 atom stereocenters. The molecule has 0 aliphatic heterocycles. The van der Waals surface area contributed by atoms with Crippen LogP contribution in [0.3, 0.4) is 0 Å². The fourth-order valence-electron chi connectivity index (χ4n) is 6.70. The second-order valence-corrected chi connectivity index (χ2v) is 8.52. The minimum Gasteiger partial charge on any atom is -0.469 e. The molecule has 3 heteroatoms. The van der Waals surface area contributed by atoms with Crippen molar-refractivity contribution < 1.29 is 14.9 Å². The van der Waals surface area contributed by atoms with E-state index in [1.54, 1.807) is 5.57 Å². The number of aliphatic hydroxyl groups is 2. The highest BCUT2D eigenvalue weighted by Crippen LogP contribution is 2.77. The van der Waals surface area contributed by atoms with Gasteiger partial charge in [0.25, 0.3) is 0 Å². The van der Waals surface area contributed by atoms with Crippen LogP contribution in [0.2, 0.25) is 0 Å². The summed E-state index contributed by atoms with van der Waals surface area (Å²) in [6.45, 7) is 4.15. The first kappa shape index (κ1) is 13.0. The van der Waals surface area contributed by atoms with Gasteiger partial charge in [0.2, 0.25) is 0 Å². The smallest absolute Gasteiger partial charge is 0.199 e. The number of ether oxygens (including phenoxy) is 1. The molecule has 6 fully saturated rings. The molecule has 8 aliphatic rings. The molecule has 0 radical (unpaired) electrons. The van der Waals surface area contributed by atoms with Crippen LogP contribution in [-0.2, 0) is 4.74 Å². The molecule has 116 valence electrons. The minimum absolute atomic E-state index is 0.197. The molecule has 0 aromatic carbocycles. The topological polar surface area (TPSA) is 49.7 Å². The van der Waals surface area contributed by atoms with Gasteiger partial charge in [0, 0.05) is 12.3 Å². The summed E-state index contributed by atoms with van der Waals surface area (Å²) >= 11 is 0. The Morgan fingerprint density at radius 3 is 2.38 bits per heavy atom. The van der Waals surface area contributed by atoms with Gasteiger partial charge in [-0.2, -0.15) is 0 Å². The first-order valence-electron chi connectivity index (χ1n) is 8.82. The molecule has 6 unspecified atom stereocenters. The molecule has 8 bridgehead atoms. The van der Waals surface area contributed by atoms with Crippen molar-refractivity contribution in [2.45, 2.75) is 57.8 Å². The highest BCUT2D eigenvalue weighted by molar-refractivity contribution is 5.41. The summed E-state index contributed by atoms with van der Waals surface area (Å²) in [5.41, 5.74) is 1.23. The predicted molar refractivity (Wildman–Crippen MR) is 77.9 cm³/mol. The number of allylic oxidation sites excluding steroid dienone is 2. The Morgan fingerprint density at radius 2 is 1.76 bits per heavy atom. The Morgan fingerprint density at radius 1 is 1.14 bits per heavy atom. The van der Waals surface area contributed by atoms with Gasteiger partial charge in [-0.25, -0.2) is 0 Å². The van der Waals surface area contributed by atoms with Gasteiger partial charge in [-0.1, -0.05) is 13.8 Å². The largest absolute Gasteiger partial charge is 0.469 e. The van der Waals surface area contributed by atoms with Crippen LogP contribution >= 0.6 is 0 Å². The summed E-state index contributed by atoms with van der Waals surface area (Å²) in [5.74, 6) is 5.56. The highest BCUT2D eigenvalue weighted by atomic mass is 16.6. The van der Waals surface area contributed by atoms with E-state index in [1.165, 1.54) is 0 Å². The lowest BCUT2D eigenvalue weighted by Crippen LogP contribution is -2.71. The molecule has 0 amide bonds. The first-order valence-corrected chi connectivity index (χ1v) is 8.82. The van der Waals surface area contributed by atoms with E-state index in [1.807, 2.05) is 0 Å². The van der Waals surface area contributed by atoms with E-state index >= 15 is 0 Å². The second-order valence-electron chi connectivity index (χ2n) is 8.52. The third-order valence-electron chi connectivity index (χ3n) is 7.65. The van der Waals surface area contributed by atoms with E-state index in [0.717, 1.165) is 43.8 Å². The fraction of sp³-hybridized carbons (Fsp3) is 0.889. The van der Waals surface area contributed by atoms with Crippen molar-refractivity contribution in [2.24, 2.45) is 41.4 Å². The molecule has 0 heterocycles. The number of hydrogen-bond acceptors (Lipinski definition) is 3. The van der Waals surface area contributed by atoms with Gasteiger partial charge in [-0.05, 0) is 66.8 Å². The normalized spacial score (nSPS) is 54.7. The molecule has 0 aromatic heterocycles. The summed E-state index contributed by atoms with van der Waals surface area (Å²) in [7, 11) is 0. The molecular weight excluding hydrogens is 264 g/mol. The Balaban J connectivity index is 1.46. The number of fused-ring (bicyclic) bond motifs is 1. The van der Waals surface area contributed by atoms with Gasteiger partial charge in [0.15, 0.2) is 6.29 Å². The Labute approximate surface area is 126 Å². The van der Waals surface area contributed by atoms with Crippen LogP contribution in [-0.4, -0.2) is 22.1 Å². The first-order chi connectivity index (χ1) is 10.0. The lowest BCUT2D eigenvalue weighted by atomic mass is 9.31. The van der Waals surface area contributed by atoms with Gasteiger partial charge < -0.3 is 14.9 Å². The molecule has 8 aliphatic carbocycles. The van der Waals surface area contributed by atoms with E-state index in [-0.39, 0.29) is 11.5 Å². The molecule has 3 nitrogen and oxygen atoms in total. The molecular formula is C18H26O3. The van der Waals surface area contributed by atoms with Crippen molar-refractivity contribution in [2.75, 3.05) is 0 Å². The minimum atomic E-state index is -0.644. The Bertz CT molecular complexity index is 501. The molecule has 0 saturated heterocycles. The van der Waals surface area contributed by atoms with Crippen molar-refractivity contribution >= 4 is 0 Å². The van der Waals surface area contributed by atoms with Crippen LogP contribution in [0.5, 0.6) is 0 Å². The van der Waals surface area contributed by atoms with E-state index in [2.05, 4.69) is 13.8 Å². The molecule has 21 heavy (non-hydrogen) atoms. The maximum Gasteiger partial charge on any atom is 0.199 e. The van der Waals surface area contributed by atoms with E-state index < -0.39 is 6.29 Å². The van der Waals surface area contributed by atoms with Crippen LogP contribution < -0.4 is 0 Å². The standard InChI is InChI=1S/C18H26O3/c1-3-8(2)17(19)21-13-4-9-10-5-18(20)6-11(9)15-12(7-18)14(10)16(13)15/h8-12,14-15,17,19-20H,3-7H2,1-2H3. The van der Waals surface area contributed by atoms with E-state index in [4.69, 9.17) is 4.74 Å². The summed E-state index contributed by atoms with van der Waals surface area (Å²) in [6.07, 6.45) is 4.38. The zero-order valence-corrected chi connectivity index (χ0v) is 13.0. The number of aliphatic hydroxyl groups excluding tert-OH is 1. The Kier molecular flexibility index (Phi) is 2.38. The van der Waals surface area contributed by atoms with Crippen LogP contribution in [0.1, 0.15) is 46.0 Å². The van der Waals surface area contributed by atoms with Crippen molar-refractivity contribution in [3.8, 4) is 0 Å². The van der Waals surface area contributed by atoms with Crippen LogP contribution in [0, 0.1) is 41.4 Å². The van der Waals surface area contributed by atoms with Gasteiger partial charge in [0.1, 0.15) is 0 Å². The van der Waals surface area contributed by atoms with Crippen LogP contribution in [0.15, 0.2) is 11.3 Å². The third kappa shape index (κ3) is 1.43. The zero-order valence-electron chi connectivity index (χ0n) is 13.0. The molecule has 0 aromatic rings. The molecule has 6 saturated carbocycles. The number of rotatable bonds is 4. The fourth-order valence-corrected chi connectivity index (χ4v) is 6.70. The lowest BCUT2D eigenvalue weighted by Gasteiger charge is -2.75. The van der Waals surface area contributed by atoms with Crippen molar-refractivity contribution in [3.05, 3.63) is 11.3 Å². The lowest BCUT2D eigenvalue weighted by molar-refractivity contribution is -0.246. The summed E-state index contributed by atoms with van der Waals surface area (Å²) in [6, 6.07) is 0. The summed E-state index contributed by atoms with van der Waals surface area (Å²) in [4.78, 5) is 0. The van der Waals surface area contributed by atoms with Gasteiger partial charge in [-0.15, -0.1) is 0 Å². The van der Waals surface area contributed by atoms with Crippen molar-refractivity contribution in [1.82, 2.24) is 0 Å². The quantitative estimate of drug-likeness (QED) is 0.783. The second kappa shape index (κ2) is 3.86. The van der Waals surface area contributed by atoms with Gasteiger partial charge in [0.05, 0.1) is 11.4 Å². The van der Waals surface area contributed by atoms with Crippen molar-refractivity contribution in [1.29, 1.82) is 0 Å². The van der Waals surface area contributed by atoms with E-state index in [9.17, 15) is 10.2 Å². The molecule has 2 N–H and O–H groups in total. The van der Waals surface area contributed by atoms with Gasteiger partial charge >= 0.3 is 0 Å². The maximum absolute atomic E-state index is 10.7. The summed E-state index contributed by atoms with van der Waals surface area (Å²) in [5, 5.41) is 20.9. The summed E-state index contributed by atoms with van der Waals surface area (Å²) < 4.78 is 6.01. The van der Waals surface area contributed by atoms with Crippen LogP contribution in [0.25, 0.3) is 0 Å². The average molecular weight is 290 g/mol. The van der Waals surface area contributed by atoms with E-state index in [0.29, 0.717) is 29.6 Å². The monoisotopic (exact) mass is 290 g/mol. The Hall–Kier alpha value is -0.540. The SMILES string of the molecule is CCC(C)C(O)OC1=C2C3C4CC5(O)CC(C4C1)C2C3C5. The van der Waals surface area contributed by atoms with Crippen molar-refractivity contribution in [3.63, 3.8) is 0 Å². The predicted octanol–water partition coefficient (Wildman–Crippen LogP) is 2.68.